The highest BCUT2D eigenvalue weighted by Crippen LogP contribution is 2.03. The first-order valence-corrected chi connectivity index (χ1v) is 3.87. The van der Waals surface area contributed by atoms with Crippen molar-refractivity contribution in [1.82, 2.24) is 9.78 Å². The first-order valence-electron chi connectivity index (χ1n) is 3.87. The van der Waals surface area contributed by atoms with Gasteiger partial charge in [0.05, 0.1) is 11.9 Å². The number of aryl methyl sites for hydroxylation is 2. The normalized spacial score (nSPS) is 10.9. The highest BCUT2D eigenvalue weighted by atomic mass is 16.6. The average molecular weight is 167 g/mol. The second-order valence-electron chi connectivity index (χ2n) is 2.48. The van der Waals surface area contributed by atoms with Crippen LogP contribution in [0.5, 0.6) is 0 Å². The lowest BCUT2D eigenvalue weighted by molar-refractivity contribution is 0.215. The first kappa shape index (κ1) is 8.77. The van der Waals surface area contributed by atoms with E-state index in [1.807, 2.05) is 13.2 Å². The minimum absolute atomic E-state index is 0.909. The summed E-state index contributed by atoms with van der Waals surface area (Å²) in [6.07, 6.45) is 4.50. The standard InChI is InChI=1S/C8H13N3O/c1-4-8-7(5-9-12-3)6-11(2)10-8/h5-6H,4H2,1-3H3/b9-5+. The van der Waals surface area contributed by atoms with Crippen LogP contribution in [0.4, 0.5) is 0 Å². The number of oxime groups is 1. The lowest BCUT2D eigenvalue weighted by Crippen LogP contribution is -1.89. The lowest BCUT2D eigenvalue weighted by Gasteiger charge is -1.89. The molecule has 0 saturated carbocycles. The van der Waals surface area contributed by atoms with Gasteiger partial charge in [0.25, 0.3) is 0 Å². The molecule has 66 valence electrons. The van der Waals surface area contributed by atoms with Gasteiger partial charge in [-0.2, -0.15) is 5.10 Å². The maximum absolute atomic E-state index is 4.59. The minimum Gasteiger partial charge on any atom is -0.399 e. The molecule has 0 N–H and O–H groups in total. The van der Waals surface area contributed by atoms with Crippen LogP contribution >= 0.6 is 0 Å². The topological polar surface area (TPSA) is 39.4 Å². The first-order chi connectivity index (χ1) is 5.77. The largest absolute Gasteiger partial charge is 0.399 e. The van der Waals surface area contributed by atoms with Gasteiger partial charge < -0.3 is 4.84 Å². The molecule has 0 amide bonds. The minimum atomic E-state index is 0.909. The Morgan fingerprint density at radius 1 is 1.75 bits per heavy atom. The third-order valence-corrected chi connectivity index (χ3v) is 1.57. The van der Waals surface area contributed by atoms with Crippen LogP contribution in [0.2, 0.25) is 0 Å². The van der Waals surface area contributed by atoms with E-state index < -0.39 is 0 Å². The summed E-state index contributed by atoms with van der Waals surface area (Å²) >= 11 is 0. The van der Waals surface area contributed by atoms with Gasteiger partial charge in [-0.15, -0.1) is 0 Å². The highest BCUT2D eigenvalue weighted by Gasteiger charge is 2.01. The van der Waals surface area contributed by atoms with E-state index in [9.17, 15) is 0 Å². The summed E-state index contributed by atoms with van der Waals surface area (Å²) in [7, 11) is 3.42. The van der Waals surface area contributed by atoms with Gasteiger partial charge in [0.2, 0.25) is 0 Å². The summed E-state index contributed by atoms with van der Waals surface area (Å²) in [4.78, 5) is 4.59. The van der Waals surface area contributed by atoms with Gasteiger partial charge in [-0.1, -0.05) is 12.1 Å². The van der Waals surface area contributed by atoms with Crippen LogP contribution in [0.1, 0.15) is 18.2 Å². The average Bonchev–Trinajstić information content (AvgIpc) is 2.42. The molecule has 0 atom stereocenters. The van der Waals surface area contributed by atoms with Crippen LogP contribution in [0.25, 0.3) is 0 Å². The molecule has 0 unspecified atom stereocenters. The molecule has 12 heavy (non-hydrogen) atoms. The van der Waals surface area contributed by atoms with E-state index in [-0.39, 0.29) is 0 Å². The van der Waals surface area contributed by atoms with Crippen LogP contribution in [0.3, 0.4) is 0 Å². The third kappa shape index (κ3) is 1.84. The predicted octanol–water partition coefficient (Wildman–Crippen LogP) is 0.963. The summed E-state index contributed by atoms with van der Waals surface area (Å²) in [6.45, 7) is 2.06. The summed E-state index contributed by atoms with van der Waals surface area (Å²) in [5.74, 6) is 0. The Hall–Kier alpha value is -1.32. The zero-order chi connectivity index (χ0) is 8.97. The van der Waals surface area contributed by atoms with Crippen molar-refractivity contribution in [1.29, 1.82) is 0 Å². The quantitative estimate of drug-likeness (QED) is 0.497. The Morgan fingerprint density at radius 3 is 3.08 bits per heavy atom. The van der Waals surface area contributed by atoms with Gasteiger partial charge in [-0.05, 0) is 6.42 Å². The monoisotopic (exact) mass is 167 g/mol. The summed E-state index contributed by atoms with van der Waals surface area (Å²) < 4.78 is 1.77. The van der Waals surface area contributed by atoms with Crippen molar-refractivity contribution >= 4 is 6.21 Å². The van der Waals surface area contributed by atoms with Crippen molar-refractivity contribution in [2.75, 3.05) is 7.11 Å². The summed E-state index contributed by atoms with van der Waals surface area (Å²) in [6, 6.07) is 0. The van der Waals surface area contributed by atoms with Crippen LogP contribution in [0.15, 0.2) is 11.4 Å². The Balaban J connectivity index is 2.89. The van der Waals surface area contributed by atoms with E-state index in [0.717, 1.165) is 17.7 Å². The van der Waals surface area contributed by atoms with E-state index >= 15 is 0 Å². The van der Waals surface area contributed by atoms with E-state index in [0.29, 0.717) is 0 Å². The van der Waals surface area contributed by atoms with Gasteiger partial charge in [-0.25, -0.2) is 0 Å². The molecule has 0 fully saturated rings. The van der Waals surface area contributed by atoms with E-state index in [4.69, 9.17) is 0 Å². The Bertz CT molecular complexity index is 278. The molecule has 1 rings (SSSR count). The molecule has 0 aliphatic rings. The van der Waals surface area contributed by atoms with Gasteiger partial charge in [-0.3, -0.25) is 4.68 Å². The highest BCUT2D eigenvalue weighted by molar-refractivity contribution is 5.80. The maximum Gasteiger partial charge on any atom is 0.106 e. The van der Waals surface area contributed by atoms with Gasteiger partial charge in [0.1, 0.15) is 7.11 Å². The maximum atomic E-state index is 4.59. The van der Waals surface area contributed by atoms with Crippen LogP contribution in [0, 0.1) is 0 Å². The molecule has 1 aromatic rings. The molecule has 1 aromatic heterocycles. The summed E-state index contributed by atoms with van der Waals surface area (Å²) in [5, 5.41) is 7.94. The number of aromatic nitrogens is 2. The zero-order valence-corrected chi connectivity index (χ0v) is 7.61. The van der Waals surface area contributed by atoms with E-state index in [1.165, 1.54) is 7.11 Å². The van der Waals surface area contributed by atoms with Gasteiger partial charge >= 0.3 is 0 Å². The van der Waals surface area contributed by atoms with Crippen molar-refractivity contribution in [3.8, 4) is 0 Å². The van der Waals surface area contributed by atoms with E-state index in [1.54, 1.807) is 10.9 Å². The summed E-state index contributed by atoms with van der Waals surface area (Å²) in [5.41, 5.74) is 2.06. The number of nitrogens with zero attached hydrogens (tertiary/aromatic N) is 3. The Labute approximate surface area is 71.8 Å². The fourth-order valence-electron chi connectivity index (χ4n) is 1.04. The molecule has 1 heterocycles. The molecule has 0 bridgehead atoms. The molecule has 4 heteroatoms. The molecule has 0 aliphatic heterocycles. The van der Waals surface area contributed by atoms with Crippen LogP contribution in [-0.2, 0) is 18.3 Å². The predicted molar refractivity (Wildman–Crippen MR) is 47.2 cm³/mol. The number of rotatable bonds is 3. The van der Waals surface area contributed by atoms with Crippen molar-refractivity contribution < 1.29 is 4.84 Å². The molecule has 0 saturated heterocycles. The lowest BCUT2D eigenvalue weighted by atomic mass is 10.2. The Morgan fingerprint density at radius 2 is 2.50 bits per heavy atom. The van der Waals surface area contributed by atoms with E-state index in [2.05, 4.69) is 22.0 Å². The molecular formula is C8H13N3O. The molecule has 4 nitrogen and oxygen atoms in total. The molecule has 0 radical (unpaired) electrons. The second-order valence-corrected chi connectivity index (χ2v) is 2.48. The number of hydrogen-bond acceptors (Lipinski definition) is 3. The molecule has 0 aromatic carbocycles. The van der Waals surface area contributed by atoms with Crippen LogP contribution in [-0.4, -0.2) is 23.1 Å². The van der Waals surface area contributed by atoms with Gasteiger partial charge in [0.15, 0.2) is 0 Å². The smallest absolute Gasteiger partial charge is 0.106 e. The van der Waals surface area contributed by atoms with Crippen molar-refractivity contribution in [3.63, 3.8) is 0 Å². The second kappa shape index (κ2) is 3.90. The zero-order valence-electron chi connectivity index (χ0n) is 7.61. The molecule has 0 aliphatic carbocycles. The fraction of sp³-hybridized carbons (Fsp3) is 0.500. The van der Waals surface area contributed by atoms with Crippen molar-refractivity contribution in [2.45, 2.75) is 13.3 Å². The molecule has 0 spiro atoms. The van der Waals surface area contributed by atoms with Crippen LogP contribution < -0.4 is 0 Å². The fourth-order valence-corrected chi connectivity index (χ4v) is 1.04. The Kier molecular flexibility index (Phi) is 2.85. The van der Waals surface area contributed by atoms with Crippen molar-refractivity contribution in [2.24, 2.45) is 12.2 Å². The number of hydrogen-bond donors (Lipinski definition) is 0. The van der Waals surface area contributed by atoms with Gasteiger partial charge in [0, 0.05) is 18.8 Å². The SMILES string of the molecule is CCc1nn(C)cc1/C=N/OC. The third-order valence-electron chi connectivity index (χ3n) is 1.57. The molecular weight excluding hydrogens is 154 g/mol. The van der Waals surface area contributed by atoms with Crippen molar-refractivity contribution in [3.05, 3.63) is 17.5 Å².